The largest absolute Gasteiger partial charge is 0.297 e. The molecule has 2 aromatic rings. The SMILES string of the molecule is Cc1ccc(C(=O)Nc2ncns2)cc1C. The van der Waals surface area contributed by atoms with Crippen LogP contribution in [0.1, 0.15) is 21.5 Å². The Morgan fingerprint density at radius 3 is 2.75 bits per heavy atom. The van der Waals surface area contributed by atoms with Crippen molar-refractivity contribution in [3.63, 3.8) is 0 Å². The number of rotatable bonds is 2. The van der Waals surface area contributed by atoms with Crippen molar-refractivity contribution in [2.75, 3.05) is 5.32 Å². The highest BCUT2D eigenvalue weighted by atomic mass is 32.1. The van der Waals surface area contributed by atoms with Gasteiger partial charge in [0.05, 0.1) is 0 Å². The molecule has 0 aliphatic heterocycles. The fourth-order valence-corrected chi connectivity index (χ4v) is 1.71. The Hall–Kier alpha value is -1.75. The Balaban J connectivity index is 2.18. The molecule has 0 aliphatic rings. The van der Waals surface area contributed by atoms with E-state index >= 15 is 0 Å². The van der Waals surface area contributed by atoms with Crippen LogP contribution < -0.4 is 5.32 Å². The predicted octanol–water partition coefficient (Wildman–Crippen LogP) is 2.41. The van der Waals surface area contributed by atoms with Crippen molar-refractivity contribution in [3.8, 4) is 0 Å². The van der Waals surface area contributed by atoms with Gasteiger partial charge in [-0.15, -0.1) is 0 Å². The molecule has 0 fully saturated rings. The first kappa shape index (κ1) is 10.8. The lowest BCUT2D eigenvalue weighted by Gasteiger charge is -2.04. The van der Waals surface area contributed by atoms with Crippen molar-refractivity contribution in [2.45, 2.75) is 13.8 Å². The minimum atomic E-state index is -0.153. The number of nitrogens with one attached hydrogen (secondary N) is 1. The third kappa shape index (κ3) is 2.25. The summed E-state index contributed by atoms with van der Waals surface area (Å²) in [4.78, 5) is 15.7. The highest BCUT2D eigenvalue weighted by molar-refractivity contribution is 7.09. The van der Waals surface area contributed by atoms with Crippen LogP contribution in [0.5, 0.6) is 0 Å². The molecular weight excluding hydrogens is 222 g/mol. The van der Waals surface area contributed by atoms with Crippen LogP contribution in [0.3, 0.4) is 0 Å². The molecule has 1 amide bonds. The summed E-state index contributed by atoms with van der Waals surface area (Å²) in [7, 11) is 0. The van der Waals surface area contributed by atoms with E-state index in [1.807, 2.05) is 26.0 Å². The minimum absolute atomic E-state index is 0.153. The summed E-state index contributed by atoms with van der Waals surface area (Å²) in [6, 6.07) is 5.61. The first-order chi connectivity index (χ1) is 7.66. The van der Waals surface area contributed by atoms with Crippen molar-refractivity contribution < 1.29 is 4.79 Å². The van der Waals surface area contributed by atoms with Gasteiger partial charge in [0.15, 0.2) is 0 Å². The molecule has 4 nitrogen and oxygen atoms in total. The highest BCUT2D eigenvalue weighted by Crippen LogP contribution is 2.13. The van der Waals surface area contributed by atoms with Crippen LogP contribution in [0.15, 0.2) is 24.5 Å². The van der Waals surface area contributed by atoms with E-state index in [1.165, 1.54) is 11.9 Å². The Kier molecular flexibility index (Phi) is 2.96. The predicted molar refractivity (Wildman–Crippen MR) is 63.8 cm³/mol. The van der Waals surface area contributed by atoms with E-state index in [0.717, 1.165) is 17.1 Å². The maximum Gasteiger partial charge on any atom is 0.257 e. The van der Waals surface area contributed by atoms with E-state index in [-0.39, 0.29) is 5.91 Å². The van der Waals surface area contributed by atoms with Gasteiger partial charge in [0.25, 0.3) is 5.91 Å². The smallest absolute Gasteiger partial charge is 0.257 e. The zero-order chi connectivity index (χ0) is 11.5. The van der Waals surface area contributed by atoms with E-state index in [0.29, 0.717) is 10.7 Å². The summed E-state index contributed by atoms with van der Waals surface area (Å²) in [5.41, 5.74) is 2.91. The molecule has 1 aromatic heterocycles. The number of hydrogen-bond donors (Lipinski definition) is 1. The molecule has 5 heteroatoms. The monoisotopic (exact) mass is 233 g/mol. The second-order valence-corrected chi connectivity index (χ2v) is 4.28. The molecule has 0 saturated heterocycles. The van der Waals surface area contributed by atoms with E-state index in [9.17, 15) is 4.79 Å². The van der Waals surface area contributed by atoms with E-state index in [1.54, 1.807) is 6.07 Å². The standard InChI is InChI=1S/C11H11N3OS/c1-7-3-4-9(5-8(7)2)10(15)14-11-12-6-13-16-11/h3-6H,1-2H3,(H,12,13,14,15). The molecule has 1 N–H and O–H groups in total. The van der Waals surface area contributed by atoms with Gasteiger partial charge in [-0.1, -0.05) is 6.07 Å². The Morgan fingerprint density at radius 2 is 2.12 bits per heavy atom. The van der Waals surface area contributed by atoms with Gasteiger partial charge in [-0.05, 0) is 37.1 Å². The van der Waals surface area contributed by atoms with Gasteiger partial charge in [0, 0.05) is 17.1 Å². The number of aryl methyl sites for hydroxylation is 2. The molecule has 0 radical (unpaired) electrons. The number of nitrogens with zero attached hydrogens (tertiary/aromatic N) is 2. The van der Waals surface area contributed by atoms with E-state index in [4.69, 9.17) is 0 Å². The van der Waals surface area contributed by atoms with Gasteiger partial charge >= 0.3 is 0 Å². The maximum absolute atomic E-state index is 11.8. The zero-order valence-electron chi connectivity index (χ0n) is 9.02. The molecule has 0 bridgehead atoms. The first-order valence-corrected chi connectivity index (χ1v) is 5.59. The number of amides is 1. The minimum Gasteiger partial charge on any atom is -0.297 e. The molecular formula is C11H11N3OS. The average molecular weight is 233 g/mol. The summed E-state index contributed by atoms with van der Waals surface area (Å²) in [6.45, 7) is 4.00. The fourth-order valence-electron chi connectivity index (χ4n) is 1.28. The molecule has 82 valence electrons. The Bertz CT molecular complexity index is 508. The molecule has 1 aromatic carbocycles. The summed E-state index contributed by atoms with van der Waals surface area (Å²) >= 11 is 1.16. The summed E-state index contributed by atoms with van der Waals surface area (Å²) in [5, 5.41) is 3.21. The molecule has 0 spiro atoms. The molecule has 2 rings (SSSR count). The summed E-state index contributed by atoms with van der Waals surface area (Å²) < 4.78 is 3.82. The summed E-state index contributed by atoms with van der Waals surface area (Å²) in [6.07, 6.45) is 1.42. The van der Waals surface area contributed by atoms with Crippen LogP contribution in [0, 0.1) is 13.8 Å². The fraction of sp³-hybridized carbons (Fsp3) is 0.182. The highest BCUT2D eigenvalue weighted by Gasteiger charge is 2.08. The normalized spacial score (nSPS) is 10.1. The van der Waals surface area contributed by atoms with Gasteiger partial charge < -0.3 is 0 Å². The van der Waals surface area contributed by atoms with Gasteiger partial charge in [-0.3, -0.25) is 10.1 Å². The van der Waals surface area contributed by atoms with Crippen LogP contribution >= 0.6 is 11.5 Å². The molecule has 0 unspecified atom stereocenters. The van der Waals surface area contributed by atoms with Gasteiger partial charge in [0.1, 0.15) is 6.33 Å². The lowest BCUT2D eigenvalue weighted by Crippen LogP contribution is -2.11. The van der Waals surface area contributed by atoms with E-state index < -0.39 is 0 Å². The molecule has 16 heavy (non-hydrogen) atoms. The quantitative estimate of drug-likeness (QED) is 0.866. The topological polar surface area (TPSA) is 54.9 Å². The van der Waals surface area contributed by atoms with Crippen LogP contribution in [0.4, 0.5) is 5.13 Å². The van der Waals surface area contributed by atoms with Crippen LogP contribution in [-0.4, -0.2) is 15.3 Å². The molecule has 0 atom stereocenters. The number of hydrogen-bond acceptors (Lipinski definition) is 4. The number of carbonyl (C=O) groups is 1. The van der Waals surface area contributed by atoms with Gasteiger partial charge in [-0.25, -0.2) is 4.98 Å². The lowest BCUT2D eigenvalue weighted by atomic mass is 10.1. The van der Waals surface area contributed by atoms with Crippen molar-refractivity contribution >= 4 is 22.6 Å². The number of anilines is 1. The van der Waals surface area contributed by atoms with Crippen molar-refractivity contribution in [2.24, 2.45) is 0 Å². The Labute approximate surface area is 97.5 Å². The second kappa shape index (κ2) is 4.40. The molecule has 0 saturated carbocycles. The summed E-state index contributed by atoms with van der Waals surface area (Å²) in [5.74, 6) is -0.153. The third-order valence-electron chi connectivity index (χ3n) is 2.35. The zero-order valence-corrected chi connectivity index (χ0v) is 9.84. The second-order valence-electron chi connectivity index (χ2n) is 3.50. The van der Waals surface area contributed by atoms with Crippen LogP contribution in [-0.2, 0) is 0 Å². The third-order valence-corrected chi connectivity index (χ3v) is 2.93. The maximum atomic E-state index is 11.8. The van der Waals surface area contributed by atoms with Gasteiger partial charge in [-0.2, -0.15) is 4.37 Å². The molecule has 1 heterocycles. The van der Waals surface area contributed by atoms with E-state index in [2.05, 4.69) is 14.7 Å². The number of carbonyl (C=O) groups excluding carboxylic acids is 1. The number of aromatic nitrogens is 2. The van der Waals surface area contributed by atoms with Crippen LogP contribution in [0.25, 0.3) is 0 Å². The van der Waals surface area contributed by atoms with Crippen LogP contribution in [0.2, 0.25) is 0 Å². The average Bonchev–Trinajstić information content (AvgIpc) is 2.74. The lowest BCUT2D eigenvalue weighted by molar-refractivity contribution is 0.102. The van der Waals surface area contributed by atoms with Crippen molar-refractivity contribution in [1.82, 2.24) is 9.36 Å². The molecule has 0 aliphatic carbocycles. The first-order valence-electron chi connectivity index (χ1n) is 4.82. The number of benzene rings is 1. The van der Waals surface area contributed by atoms with Crippen molar-refractivity contribution in [3.05, 3.63) is 41.2 Å². The Morgan fingerprint density at radius 1 is 1.31 bits per heavy atom. The van der Waals surface area contributed by atoms with Gasteiger partial charge in [0.2, 0.25) is 5.13 Å². The van der Waals surface area contributed by atoms with Crippen molar-refractivity contribution in [1.29, 1.82) is 0 Å².